The van der Waals surface area contributed by atoms with Gasteiger partial charge in [0, 0.05) is 11.4 Å². The van der Waals surface area contributed by atoms with Crippen LogP contribution in [-0.4, -0.2) is 21.9 Å². The second-order valence-electron chi connectivity index (χ2n) is 3.85. The van der Waals surface area contributed by atoms with Crippen LogP contribution in [0.4, 0.5) is 5.13 Å². The summed E-state index contributed by atoms with van der Waals surface area (Å²) < 4.78 is 0. The quantitative estimate of drug-likeness (QED) is 0.825. The number of aromatic nitrogens is 2. The Bertz CT molecular complexity index is 553. The van der Waals surface area contributed by atoms with E-state index in [0.717, 1.165) is 4.90 Å². The molecule has 1 aromatic carbocycles. The zero-order chi connectivity index (χ0) is 13.7. The van der Waals surface area contributed by atoms with E-state index < -0.39 is 0 Å². The van der Waals surface area contributed by atoms with Crippen molar-refractivity contribution < 1.29 is 4.79 Å². The molecule has 100 valence electrons. The minimum Gasteiger partial charge on any atom is -0.324 e. The molecule has 1 aromatic heterocycles. The van der Waals surface area contributed by atoms with Gasteiger partial charge < -0.3 is 5.73 Å². The predicted octanol–water partition coefficient (Wildman–Crippen LogP) is 2.04. The number of hydrogen-bond donors (Lipinski definition) is 2. The van der Waals surface area contributed by atoms with Crippen molar-refractivity contribution in [3.8, 4) is 0 Å². The first-order valence-electron chi connectivity index (χ1n) is 5.69. The van der Waals surface area contributed by atoms with Crippen LogP contribution in [0.5, 0.6) is 0 Å². The number of nitrogens with two attached hydrogens (primary N) is 1. The lowest BCUT2D eigenvalue weighted by Crippen LogP contribution is -2.13. The fraction of sp³-hybridized carbons (Fsp3) is 0.250. The molecule has 0 saturated heterocycles. The third kappa shape index (κ3) is 4.30. The second kappa shape index (κ2) is 6.65. The van der Waals surface area contributed by atoms with Crippen molar-refractivity contribution in [3.05, 3.63) is 34.8 Å². The second-order valence-corrected chi connectivity index (χ2v) is 5.97. The normalized spacial score (nSPS) is 10.4. The first-order chi connectivity index (χ1) is 9.17. The fourth-order valence-electron chi connectivity index (χ4n) is 1.33. The van der Waals surface area contributed by atoms with Gasteiger partial charge >= 0.3 is 0 Å². The van der Waals surface area contributed by atoms with Crippen LogP contribution < -0.4 is 11.1 Å². The van der Waals surface area contributed by atoms with Gasteiger partial charge in [0.1, 0.15) is 5.01 Å². The Morgan fingerprint density at radius 2 is 2.11 bits per heavy atom. The monoisotopic (exact) mass is 294 g/mol. The summed E-state index contributed by atoms with van der Waals surface area (Å²) in [5, 5.41) is 11.6. The van der Waals surface area contributed by atoms with Crippen LogP contribution in [0.25, 0.3) is 0 Å². The zero-order valence-electron chi connectivity index (χ0n) is 10.4. The van der Waals surface area contributed by atoms with Gasteiger partial charge in [0.25, 0.3) is 0 Å². The number of nitrogens with zero attached hydrogens (tertiary/aromatic N) is 2. The number of thioether (sulfide) groups is 1. The van der Waals surface area contributed by atoms with Crippen molar-refractivity contribution >= 4 is 34.1 Å². The van der Waals surface area contributed by atoms with Crippen molar-refractivity contribution in [1.82, 2.24) is 10.2 Å². The molecule has 2 rings (SSSR count). The van der Waals surface area contributed by atoms with Crippen LogP contribution in [0.1, 0.15) is 10.6 Å². The van der Waals surface area contributed by atoms with E-state index in [1.807, 2.05) is 31.2 Å². The Hall–Kier alpha value is -1.44. The van der Waals surface area contributed by atoms with Gasteiger partial charge in [0.2, 0.25) is 11.0 Å². The Balaban J connectivity index is 1.82. The van der Waals surface area contributed by atoms with Crippen molar-refractivity contribution in [2.24, 2.45) is 5.73 Å². The average molecular weight is 294 g/mol. The highest BCUT2D eigenvalue weighted by atomic mass is 32.2. The highest BCUT2D eigenvalue weighted by Gasteiger charge is 2.07. The Labute approximate surface area is 119 Å². The summed E-state index contributed by atoms with van der Waals surface area (Å²) in [7, 11) is 0. The van der Waals surface area contributed by atoms with E-state index in [2.05, 4.69) is 15.5 Å². The fourth-order valence-corrected chi connectivity index (χ4v) is 2.66. The molecular weight excluding hydrogens is 280 g/mol. The van der Waals surface area contributed by atoms with Crippen LogP contribution in [-0.2, 0) is 11.3 Å². The number of amides is 1. The summed E-state index contributed by atoms with van der Waals surface area (Å²) >= 11 is 2.79. The summed E-state index contributed by atoms with van der Waals surface area (Å²) in [5.74, 6) is 0.255. The van der Waals surface area contributed by atoms with Crippen molar-refractivity contribution in [2.75, 3.05) is 11.1 Å². The summed E-state index contributed by atoms with van der Waals surface area (Å²) in [6.45, 7) is 2.37. The van der Waals surface area contributed by atoms with Gasteiger partial charge in [-0.2, -0.15) is 0 Å². The molecule has 0 radical (unpaired) electrons. The number of anilines is 1. The Morgan fingerprint density at radius 1 is 1.37 bits per heavy atom. The van der Waals surface area contributed by atoms with Gasteiger partial charge in [-0.25, -0.2) is 0 Å². The zero-order valence-corrected chi connectivity index (χ0v) is 12.1. The molecule has 0 saturated carbocycles. The van der Waals surface area contributed by atoms with E-state index in [1.54, 1.807) is 0 Å². The highest BCUT2D eigenvalue weighted by molar-refractivity contribution is 8.00. The Kier molecular flexibility index (Phi) is 4.89. The minimum absolute atomic E-state index is 0.0923. The first-order valence-corrected chi connectivity index (χ1v) is 7.49. The molecule has 7 heteroatoms. The van der Waals surface area contributed by atoms with Gasteiger partial charge in [0.05, 0.1) is 5.75 Å². The maximum absolute atomic E-state index is 11.7. The summed E-state index contributed by atoms with van der Waals surface area (Å²) in [5.41, 5.74) is 6.64. The van der Waals surface area contributed by atoms with E-state index in [1.165, 1.54) is 28.7 Å². The van der Waals surface area contributed by atoms with Gasteiger partial charge in [-0.05, 0) is 19.1 Å². The number of carbonyl (C=O) groups excluding carboxylic acids is 1. The number of benzene rings is 1. The number of nitrogens with one attached hydrogen (secondary N) is 1. The molecule has 0 aliphatic carbocycles. The molecule has 0 aliphatic heterocycles. The molecule has 1 amide bonds. The molecule has 0 bridgehead atoms. The largest absolute Gasteiger partial charge is 0.324 e. The predicted molar refractivity (Wildman–Crippen MR) is 78.3 cm³/mol. The molecule has 19 heavy (non-hydrogen) atoms. The molecular formula is C12H14N4OS2. The van der Waals surface area contributed by atoms with E-state index in [9.17, 15) is 4.79 Å². The lowest BCUT2D eigenvalue weighted by atomic mass is 10.2. The maximum Gasteiger partial charge on any atom is 0.236 e. The van der Waals surface area contributed by atoms with E-state index in [0.29, 0.717) is 22.4 Å². The van der Waals surface area contributed by atoms with Crippen LogP contribution in [0.2, 0.25) is 0 Å². The lowest BCUT2D eigenvalue weighted by Gasteiger charge is -2.02. The lowest BCUT2D eigenvalue weighted by molar-refractivity contribution is -0.113. The van der Waals surface area contributed by atoms with Crippen molar-refractivity contribution in [2.45, 2.75) is 18.4 Å². The van der Waals surface area contributed by atoms with Gasteiger partial charge in [-0.3, -0.25) is 10.1 Å². The number of aryl methyl sites for hydroxylation is 1. The van der Waals surface area contributed by atoms with Crippen LogP contribution >= 0.6 is 23.1 Å². The maximum atomic E-state index is 11.7. The Morgan fingerprint density at radius 3 is 2.74 bits per heavy atom. The third-order valence-electron chi connectivity index (χ3n) is 2.28. The molecule has 1 heterocycles. The molecule has 0 fully saturated rings. The first kappa shape index (κ1) is 14.0. The SMILES string of the molecule is Cc1ccc(SCC(=O)Nc2nnc(CN)s2)cc1. The third-order valence-corrected chi connectivity index (χ3v) is 4.15. The molecule has 0 unspecified atom stereocenters. The average Bonchev–Trinajstić information content (AvgIpc) is 2.86. The standard InChI is InChI=1S/C12H14N4OS2/c1-8-2-4-9(5-3-8)18-7-10(17)14-12-16-15-11(6-13)19-12/h2-5H,6-7,13H2,1H3,(H,14,16,17). The summed E-state index contributed by atoms with van der Waals surface area (Å²) in [6.07, 6.45) is 0. The summed E-state index contributed by atoms with van der Waals surface area (Å²) in [4.78, 5) is 12.8. The van der Waals surface area contributed by atoms with Crippen LogP contribution in [0.3, 0.4) is 0 Å². The molecule has 5 nitrogen and oxygen atoms in total. The van der Waals surface area contributed by atoms with Crippen LogP contribution in [0, 0.1) is 6.92 Å². The molecule has 3 N–H and O–H groups in total. The molecule has 0 atom stereocenters. The van der Waals surface area contributed by atoms with Crippen LogP contribution in [0.15, 0.2) is 29.2 Å². The molecule has 0 aliphatic rings. The topological polar surface area (TPSA) is 80.9 Å². The van der Waals surface area contributed by atoms with Crippen molar-refractivity contribution in [3.63, 3.8) is 0 Å². The number of hydrogen-bond acceptors (Lipinski definition) is 6. The molecule has 0 spiro atoms. The van der Waals surface area contributed by atoms with E-state index in [4.69, 9.17) is 5.73 Å². The number of carbonyl (C=O) groups is 1. The minimum atomic E-state index is -0.0923. The molecule has 2 aromatic rings. The van der Waals surface area contributed by atoms with Gasteiger partial charge in [-0.15, -0.1) is 22.0 Å². The smallest absolute Gasteiger partial charge is 0.236 e. The van der Waals surface area contributed by atoms with E-state index in [-0.39, 0.29) is 5.91 Å². The van der Waals surface area contributed by atoms with Gasteiger partial charge in [0.15, 0.2) is 0 Å². The summed E-state index contributed by atoms with van der Waals surface area (Å²) in [6, 6.07) is 8.06. The van der Waals surface area contributed by atoms with Crippen molar-refractivity contribution in [1.29, 1.82) is 0 Å². The van der Waals surface area contributed by atoms with E-state index >= 15 is 0 Å². The highest BCUT2D eigenvalue weighted by Crippen LogP contribution is 2.19. The van der Waals surface area contributed by atoms with Gasteiger partial charge in [-0.1, -0.05) is 29.0 Å². The number of rotatable bonds is 5.